The summed E-state index contributed by atoms with van der Waals surface area (Å²) in [6.45, 7) is 3.27. The van der Waals surface area contributed by atoms with Crippen molar-refractivity contribution in [2.45, 2.75) is 57.2 Å². The minimum Gasteiger partial charge on any atom is -0.389 e. The molecule has 2 unspecified atom stereocenters. The van der Waals surface area contributed by atoms with Crippen LogP contribution in [0.3, 0.4) is 0 Å². The fraction of sp³-hybridized carbons (Fsp3) is 1.00. The van der Waals surface area contributed by atoms with E-state index in [1.807, 2.05) is 6.92 Å². The summed E-state index contributed by atoms with van der Waals surface area (Å²) in [7, 11) is 0. The Balaban J connectivity index is 2.12. The van der Waals surface area contributed by atoms with Crippen LogP contribution in [-0.4, -0.2) is 30.0 Å². The van der Waals surface area contributed by atoms with Crippen LogP contribution in [0.15, 0.2) is 0 Å². The van der Waals surface area contributed by atoms with Crippen molar-refractivity contribution in [3.8, 4) is 0 Å². The Hall–Kier alpha value is -0.120. The second kappa shape index (κ2) is 5.69. The second-order valence-electron chi connectivity index (χ2n) is 4.31. The smallest absolute Gasteiger partial charge is 0.0766 e. The molecule has 3 heteroatoms. The molecule has 1 heterocycles. The molecule has 0 bridgehead atoms. The number of hydrogen-bond donors (Lipinski definition) is 2. The first-order valence-electron chi connectivity index (χ1n) is 5.74. The van der Waals surface area contributed by atoms with Gasteiger partial charge in [0, 0.05) is 13.2 Å². The first kappa shape index (κ1) is 12.0. The van der Waals surface area contributed by atoms with E-state index in [1.165, 1.54) is 12.8 Å². The van der Waals surface area contributed by atoms with E-state index in [9.17, 15) is 5.11 Å². The van der Waals surface area contributed by atoms with Gasteiger partial charge in [-0.1, -0.05) is 6.92 Å². The van der Waals surface area contributed by atoms with E-state index in [4.69, 9.17) is 10.5 Å². The number of aliphatic hydroxyl groups is 1. The highest BCUT2D eigenvalue weighted by molar-refractivity contribution is 4.78. The van der Waals surface area contributed by atoms with Gasteiger partial charge >= 0.3 is 0 Å². The predicted molar refractivity (Wildman–Crippen MR) is 57.1 cm³/mol. The minimum absolute atomic E-state index is 0.370. The first-order chi connectivity index (χ1) is 6.70. The highest BCUT2D eigenvalue weighted by Gasteiger charge is 2.23. The molecular formula is C11H23NO2. The van der Waals surface area contributed by atoms with Crippen LogP contribution in [0.1, 0.15) is 45.4 Å². The monoisotopic (exact) mass is 201 g/mol. The van der Waals surface area contributed by atoms with Crippen LogP contribution < -0.4 is 5.73 Å². The third-order valence-electron chi connectivity index (χ3n) is 3.23. The lowest BCUT2D eigenvalue weighted by atomic mass is 9.93. The summed E-state index contributed by atoms with van der Waals surface area (Å²) in [5.74, 6) is 0. The molecule has 84 valence electrons. The summed E-state index contributed by atoms with van der Waals surface area (Å²) in [6.07, 6.45) is 6.46. The van der Waals surface area contributed by atoms with E-state index in [0.29, 0.717) is 12.6 Å². The molecule has 0 aromatic heterocycles. The van der Waals surface area contributed by atoms with Crippen LogP contribution in [0.5, 0.6) is 0 Å². The van der Waals surface area contributed by atoms with Crippen molar-refractivity contribution in [2.75, 3.05) is 13.2 Å². The maximum atomic E-state index is 9.94. The molecule has 1 rings (SSSR count). The number of rotatable bonds is 6. The van der Waals surface area contributed by atoms with Crippen molar-refractivity contribution in [2.24, 2.45) is 5.73 Å². The van der Waals surface area contributed by atoms with Crippen LogP contribution in [0.4, 0.5) is 0 Å². The number of nitrogens with two attached hydrogens (primary N) is 1. The van der Waals surface area contributed by atoms with Gasteiger partial charge in [-0.05, 0) is 38.5 Å². The van der Waals surface area contributed by atoms with Crippen molar-refractivity contribution >= 4 is 0 Å². The molecule has 0 aromatic rings. The van der Waals surface area contributed by atoms with Gasteiger partial charge in [-0.25, -0.2) is 0 Å². The summed E-state index contributed by atoms with van der Waals surface area (Å²) >= 11 is 0. The summed E-state index contributed by atoms with van der Waals surface area (Å²) in [5, 5.41) is 9.94. The van der Waals surface area contributed by atoms with Gasteiger partial charge in [0.25, 0.3) is 0 Å². The van der Waals surface area contributed by atoms with Crippen molar-refractivity contribution in [3.05, 3.63) is 0 Å². The van der Waals surface area contributed by atoms with Crippen LogP contribution in [-0.2, 0) is 4.74 Å². The topological polar surface area (TPSA) is 55.5 Å². The lowest BCUT2D eigenvalue weighted by molar-refractivity contribution is 0.0277. The summed E-state index contributed by atoms with van der Waals surface area (Å²) in [4.78, 5) is 0. The number of hydrogen-bond acceptors (Lipinski definition) is 3. The number of ether oxygens (including phenoxy) is 1. The Morgan fingerprint density at radius 1 is 1.57 bits per heavy atom. The van der Waals surface area contributed by atoms with E-state index < -0.39 is 5.60 Å². The second-order valence-corrected chi connectivity index (χ2v) is 4.31. The van der Waals surface area contributed by atoms with Crippen LogP contribution in [0.2, 0.25) is 0 Å². The van der Waals surface area contributed by atoms with Gasteiger partial charge in [-0.3, -0.25) is 0 Å². The SMILES string of the molecule is CCC(O)(CN)CCCC1CCCO1. The van der Waals surface area contributed by atoms with Crippen LogP contribution >= 0.6 is 0 Å². The lowest BCUT2D eigenvalue weighted by Crippen LogP contribution is -2.37. The van der Waals surface area contributed by atoms with Crippen molar-refractivity contribution < 1.29 is 9.84 Å². The van der Waals surface area contributed by atoms with E-state index in [0.717, 1.165) is 32.3 Å². The zero-order chi connectivity index (χ0) is 10.4. The summed E-state index contributed by atoms with van der Waals surface area (Å²) in [5.41, 5.74) is 4.89. The average Bonchev–Trinajstić information content (AvgIpc) is 2.70. The molecule has 1 aliphatic heterocycles. The normalized spacial score (nSPS) is 26.4. The van der Waals surface area contributed by atoms with Gasteiger partial charge in [0.15, 0.2) is 0 Å². The van der Waals surface area contributed by atoms with E-state index in [1.54, 1.807) is 0 Å². The molecule has 0 saturated carbocycles. The molecule has 1 saturated heterocycles. The van der Waals surface area contributed by atoms with E-state index in [-0.39, 0.29) is 0 Å². The summed E-state index contributed by atoms with van der Waals surface area (Å²) in [6, 6.07) is 0. The van der Waals surface area contributed by atoms with Crippen LogP contribution in [0.25, 0.3) is 0 Å². The maximum absolute atomic E-state index is 9.94. The molecule has 1 fully saturated rings. The fourth-order valence-corrected chi connectivity index (χ4v) is 1.95. The quantitative estimate of drug-likeness (QED) is 0.683. The Bertz CT molecular complexity index is 151. The van der Waals surface area contributed by atoms with Gasteiger partial charge in [-0.2, -0.15) is 0 Å². The molecule has 0 amide bonds. The zero-order valence-corrected chi connectivity index (χ0v) is 9.17. The molecule has 3 nitrogen and oxygen atoms in total. The fourth-order valence-electron chi connectivity index (χ4n) is 1.95. The highest BCUT2D eigenvalue weighted by Crippen LogP contribution is 2.22. The molecule has 14 heavy (non-hydrogen) atoms. The molecule has 1 aliphatic rings. The van der Waals surface area contributed by atoms with Gasteiger partial charge in [-0.15, -0.1) is 0 Å². The minimum atomic E-state index is -0.640. The average molecular weight is 201 g/mol. The Morgan fingerprint density at radius 3 is 2.86 bits per heavy atom. The Kier molecular flexibility index (Phi) is 4.85. The van der Waals surface area contributed by atoms with Gasteiger partial charge < -0.3 is 15.6 Å². The third-order valence-corrected chi connectivity index (χ3v) is 3.23. The molecule has 0 aromatic carbocycles. The van der Waals surface area contributed by atoms with E-state index in [2.05, 4.69) is 0 Å². The van der Waals surface area contributed by atoms with Crippen molar-refractivity contribution in [1.29, 1.82) is 0 Å². The Morgan fingerprint density at radius 2 is 2.36 bits per heavy atom. The maximum Gasteiger partial charge on any atom is 0.0766 e. The predicted octanol–water partition coefficient (Wildman–Crippen LogP) is 1.44. The van der Waals surface area contributed by atoms with Gasteiger partial charge in [0.2, 0.25) is 0 Å². The third kappa shape index (κ3) is 3.56. The van der Waals surface area contributed by atoms with Gasteiger partial charge in [0.05, 0.1) is 11.7 Å². The zero-order valence-electron chi connectivity index (χ0n) is 9.17. The molecule has 0 spiro atoms. The van der Waals surface area contributed by atoms with Crippen molar-refractivity contribution in [3.63, 3.8) is 0 Å². The van der Waals surface area contributed by atoms with Gasteiger partial charge in [0.1, 0.15) is 0 Å². The molecule has 2 atom stereocenters. The Labute approximate surface area is 86.6 Å². The standard InChI is InChI=1S/C11H23NO2/c1-2-11(13,9-12)7-3-5-10-6-4-8-14-10/h10,13H,2-9,12H2,1H3. The molecule has 0 aliphatic carbocycles. The molecule has 0 radical (unpaired) electrons. The van der Waals surface area contributed by atoms with Crippen LogP contribution in [0, 0.1) is 0 Å². The summed E-state index contributed by atoms with van der Waals surface area (Å²) < 4.78 is 5.52. The largest absolute Gasteiger partial charge is 0.389 e. The lowest BCUT2D eigenvalue weighted by Gasteiger charge is -2.25. The van der Waals surface area contributed by atoms with E-state index >= 15 is 0 Å². The molecule has 3 N–H and O–H groups in total. The first-order valence-corrected chi connectivity index (χ1v) is 5.74. The van der Waals surface area contributed by atoms with Crippen molar-refractivity contribution in [1.82, 2.24) is 0 Å². The highest BCUT2D eigenvalue weighted by atomic mass is 16.5. The molecular weight excluding hydrogens is 178 g/mol.